The standard InChI is InChI=1S/C10H9NO2/c1-3-9(12)6-8-4-5-10(13-2)11-7-8/h1,4-5,7H,6H2,2H3. The third-order valence-electron chi connectivity index (χ3n) is 1.53. The van der Waals surface area contributed by atoms with Gasteiger partial charge in [-0.1, -0.05) is 6.07 Å². The van der Waals surface area contributed by atoms with Crippen LogP contribution in [-0.4, -0.2) is 17.9 Å². The van der Waals surface area contributed by atoms with Crippen LogP contribution in [0.2, 0.25) is 0 Å². The summed E-state index contributed by atoms with van der Waals surface area (Å²) in [5, 5.41) is 0. The lowest BCUT2D eigenvalue weighted by atomic mass is 10.1. The number of ketones is 1. The van der Waals surface area contributed by atoms with E-state index in [9.17, 15) is 4.79 Å². The fraction of sp³-hybridized carbons (Fsp3) is 0.200. The van der Waals surface area contributed by atoms with Crippen LogP contribution in [0.3, 0.4) is 0 Å². The first-order valence-electron chi connectivity index (χ1n) is 3.74. The summed E-state index contributed by atoms with van der Waals surface area (Å²) in [6.07, 6.45) is 6.74. The van der Waals surface area contributed by atoms with Gasteiger partial charge in [-0.05, 0) is 11.5 Å². The SMILES string of the molecule is C#CC(=O)Cc1ccc(OC)nc1. The van der Waals surface area contributed by atoms with Gasteiger partial charge in [0.25, 0.3) is 0 Å². The Kier molecular flexibility index (Phi) is 3.04. The first kappa shape index (κ1) is 9.27. The van der Waals surface area contributed by atoms with E-state index >= 15 is 0 Å². The van der Waals surface area contributed by atoms with Crippen LogP contribution in [0.15, 0.2) is 18.3 Å². The Morgan fingerprint density at radius 2 is 2.46 bits per heavy atom. The summed E-state index contributed by atoms with van der Waals surface area (Å²) in [7, 11) is 1.54. The summed E-state index contributed by atoms with van der Waals surface area (Å²) in [5.41, 5.74) is 0.795. The summed E-state index contributed by atoms with van der Waals surface area (Å²) in [6.45, 7) is 0. The number of ether oxygens (including phenoxy) is 1. The second kappa shape index (κ2) is 4.27. The Balaban J connectivity index is 2.71. The second-order valence-electron chi connectivity index (χ2n) is 2.45. The maximum absolute atomic E-state index is 10.8. The van der Waals surface area contributed by atoms with E-state index in [0.717, 1.165) is 5.56 Å². The number of nitrogens with zero attached hydrogens (tertiary/aromatic N) is 1. The third-order valence-corrected chi connectivity index (χ3v) is 1.53. The molecule has 0 atom stereocenters. The van der Waals surface area contributed by atoms with Gasteiger partial charge in [-0.2, -0.15) is 0 Å². The molecule has 0 unspecified atom stereocenters. The van der Waals surface area contributed by atoms with Crippen molar-refractivity contribution < 1.29 is 9.53 Å². The van der Waals surface area contributed by atoms with Crippen molar-refractivity contribution in [2.24, 2.45) is 0 Å². The van der Waals surface area contributed by atoms with Gasteiger partial charge in [0, 0.05) is 18.7 Å². The van der Waals surface area contributed by atoms with E-state index in [1.165, 1.54) is 7.11 Å². The van der Waals surface area contributed by atoms with E-state index in [1.807, 2.05) is 5.92 Å². The van der Waals surface area contributed by atoms with Gasteiger partial charge in [0.2, 0.25) is 11.7 Å². The number of pyridine rings is 1. The Morgan fingerprint density at radius 1 is 1.69 bits per heavy atom. The molecule has 0 spiro atoms. The summed E-state index contributed by atoms with van der Waals surface area (Å²) in [4.78, 5) is 14.8. The highest BCUT2D eigenvalue weighted by Gasteiger charge is 2.00. The van der Waals surface area contributed by atoms with Crippen LogP contribution in [0.1, 0.15) is 5.56 Å². The van der Waals surface area contributed by atoms with Gasteiger partial charge in [-0.3, -0.25) is 4.79 Å². The minimum atomic E-state index is -0.244. The molecular weight excluding hydrogens is 166 g/mol. The average molecular weight is 175 g/mol. The van der Waals surface area contributed by atoms with Crippen molar-refractivity contribution in [3.8, 4) is 18.2 Å². The van der Waals surface area contributed by atoms with E-state index in [1.54, 1.807) is 18.3 Å². The van der Waals surface area contributed by atoms with E-state index in [-0.39, 0.29) is 12.2 Å². The maximum Gasteiger partial charge on any atom is 0.212 e. The number of hydrogen-bond donors (Lipinski definition) is 0. The molecule has 0 radical (unpaired) electrons. The molecule has 0 aliphatic rings. The number of hydrogen-bond acceptors (Lipinski definition) is 3. The maximum atomic E-state index is 10.8. The van der Waals surface area contributed by atoms with E-state index in [2.05, 4.69) is 4.98 Å². The van der Waals surface area contributed by atoms with Crippen LogP contribution >= 0.6 is 0 Å². The molecule has 0 bridgehead atoms. The zero-order valence-electron chi connectivity index (χ0n) is 7.28. The molecule has 0 amide bonds. The molecular formula is C10H9NO2. The number of Topliss-reactive ketones (excluding diaryl/α,β-unsaturated/α-hetero) is 1. The fourth-order valence-electron chi connectivity index (χ4n) is 0.873. The molecule has 1 heterocycles. The topological polar surface area (TPSA) is 39.2 Å². The first-order valence-corrected chi connectivity index (χ1v) is 3.74. The minimum absolute atomic E-state index is 0.230. The molecule has 1 rings (SSSR count). The van der Waals surface area contributed by atoms with Crippen molar-refractivity contribution >= 4 is 5.78 Å². The molecule has 0 N–H and O–H groups in total. The van der Waals surface area contributed by atoms with Crippen LogP contribution in [0.25, 0.3) is 0 Å². The fourth-order valence-corrected chi connectivity index (χ4v) is 0.873. The Hall–Kier alpha value is -1.82. The Labute approximate surface area is 76.8 Å². The van der Waals surface area contributed by atoms with Crippen molar-refractivity contribution in [3.05, 3.63) is 23.9 Å². The number of methoxy groups -OCH3 is 1. The molecule has 66 valence electrons. The Morgan fingerprint density at radius 3 is 2.92 bits per heavy atom. The minimum Gasteiger partial charge on any atom is -0.481 e. The number of carbonyl (C=O) groups is 1. The third kappa shape index (κ3) is 2.60. The zero-order valence-corrected chi connectivity index (χ0v) is 7.28. The number of rotatable bonds is 3. The van der Waals surface area contributed by atoms with Crippen LogP contribution in [-0.2, 0) is 11.2 Å². The van der Waals surface area contributed by atoms with Crippen LogP contribution in [0, 0.1) is 12.3 Å². The predicted octanol–water partition coefficient (Wildman–Crippen LogP) is 0.835. The smallest absolute Gasteiger partial charge is 0.212 e. The lowest BCUT2D eigenvalue weighted by molar-refractivity contribution is -0.113. The summed E-state index contributed by atoms with van der Waals surface area (Å²) in [5.74, 6) is 2.33. The van der Waals surface area contributed by atoms with Crippen LogP contribution < -0.4 is 4.74 Å². The lowest BCUT2D eigenvalue weighted by Gasteiger charge is -1.99. The quantitative estimate of drug-likeness (QED) is 0.504. The van der Waals surface area contributed by atoms with Gasteiger partial charge in [0.1, 0.15) is 0 Å². The predicted molar refractivity (Wildman–Crippen MR) is 48.3 cm³/mol. The zero-order chi connectivity index (χ0) is 9.68. The normalized spacial score (nSPS) is 8.92. The first-order chi connectivity index (χ1) is 6.26. The van der Waals surface area contributed by atoms with E-state index in [0.29, 0.717) is 5.88 Å². The highest BCUT2D eigenvalue weighted by atomic mass is 16.5. The summed E-state index contributed by atoms with van der Waals surface area (Å²) >= 11 is 0. The van der Waals surface area contributed by atoms with Crippen molar-refractivity contribution in [2.75, 3.05) is 7.11 Å². The number of terminal acetylenes is 1. The Bertz CT molecular complexity index is 335. The van der Waals surface area contributed by atoms with Gasteiger partial charge in [-0.15, -0.1) is 6.42 Å². The molecule has 0 aromatic carbocycles. The summed E-state index contributed by atoms with van der Waals surface area (Å²) < 4.78 is 4.86. The van der Waals surface area contributed by atoms with Gasteiger partial charge < -0.3 is 4.74 Å². The molecule has 1 aromatic heterocycles. The highest BCUT2D eigenvalue weighted by Crippen LogP contribution is 2.06. The highest BCUT2D eigenvalue weighted by molar-refractivity contribution is 5.96. The lowest BCUT2D eigenvalue weighted by Crippen LogP contribution is -1.99. The molecule has 3 nitrogen and oxygen atoms in total. The molecule has 0 aliphatic carbocycles. The molecule has 0 saturated carbocycles. The largest absolute Gasteiger partial charge is 0.481 e. The second-order valence-corrected chi connectivity index (χ2v) is 2.45. The van der Waals surface area contributed by atoms with Crippen LogP contribution in [0.4, 0.5) is 0 Å². The number of aromatic nitrogens is 1. The van der Waals surface area contributed by atoms with E-state index in [4.69, 9.17) is 11.2 Å². The van der Waals surface area contributed by atoms with Crippen molar-refractivity contribution in [2.45, 2.75) is 6.42 Å². The molecule has 0 saturated heterocycles. The number of carbonyl (C=O) groups excluding carboxylic acids is 1. The molecule has 13 heavy (non-hydrogen) atoms. The van der Waals surface area contributed by atoms with Gasteiger partial charge in [-0.25, -0.2) is 4.98 Å². The van der Waals surface area contributed by atoms with Gasteiger partial charge in [0.15, 0.2) is 0 Å². The monoisotopic (exact) mass is 175 g/mol. The molecule has 3 heteroatoms. The summed E-state index contributed by atoms with van der Waals surface area (Å²) in [6, 6.07) is 3.46. The van der Waals surface area contributed by atoms with E-state index < -0.39 is 0 Å². The van der Waals surface area contributed by atoms with Crippen molar-refractivity contribution in [3.63, 3.8) is 0 Å². The van der Waals surface area contributed by atoms with Crippen LogP contribution in [0.5, 0.6) is 5.88 Å². The van der Waals surface area contributed by atoms with Crippen molar-refractivity contribution in [1.29, 1.82) is 0 Å². The van der Waals surface area contributed by atoms with Gasteiger partial charge >= 0.3 is 0 Å². The molecule has 0 fully saturated rings. The van der Waals surface area contributed by atoms with Gasteiger partial charge in [0.05, 0.1) is 7.11 Å². The molecule has 0 aliphatic heterocycles. The van der Waals surface area contributed by atoms with Crippen molar-refractivity contribution in [1.82, 2.24) is 4.98 Å². The molecule has 1 aromatic rings. The average Bonchev–Trinajstić information content (AvgIpc) is 2.19.